The zero-order chi connectivity index (χ0) is 15.3. The van der Waals surface area contributed by atoms with E-state index in [1.54, 1.807) is 18.2 Å². The molecule has 1 amide bonds. The molecule has 110 valence electrons. The summed E-state index contributed by atoms with van der Waals surface area (Å²) in [6.45, 7) is 1.37. The van der Waals surface area contributed by atoms with Crippen molar-refractivity contribution in [3.63, 3.8) is 0 Å². The van der Waals surface area contributed by atoms with Crippen LogP contribution in [0, 0.1) is 0 Å². The zero-order valence-corrected chi connectivity index (χ0v) is 11.9. The van der Waals surface area contributed by atoms with E-state index in [0.29, 0.717) is 17.7 Å². The molecule has 0 atom stereocenters. The lowest BCUT2D eigenvalue weighted by atomic mass is 10.1. The van der Waals surface area contributed by atoms with Crippen molar-refractivity contribution in [2.75, 3.05) is 18.2 Å². The zero-order valence-electron chi connectivity index (χ0n) is 11.0. The van der Waals surface area contributed by atoms with Gasteiger partial charge in [-0.3, -0.25) is 9.35 Å². The number of esters is 1. The average Bonchev–Trinajstić information content (AvgIpc) is 2.76. The van der Waals surface area contributed by atoms with Crippen molar-refractivity contribution in [2.24, 2.45) is 0 Å². The maximum absolute atomic E-state index is 11.2. The van der Waals surface area contributed by atoms with Crippen molar-refractivity contribution in [1.82, 2.24) is 0 Å². The second kappa shape index (κ2) is 6.49. The second-order valence-corrected chi connectivity index (χ2v) is 5.70. The number of fused-ring (bicyclic) bond motifs is 1. The summed E-state index contributed by atoms with van der Waals surface area (Å²) in [5, 5.41) is 2.67. The lowest BCUT2D eigenvalue weighted by Crippen LogP contribution is -2.04. The summed E-state index contributed by atoms with van der Waals surface area (Å²) >= 11 is 0. The Bertz CT molecular complexity index is 623. The Hall–Kier alpha value is -1.93. The topological polar surface area (TPSA) is 110 Å². The molecule has 2 N–H and O–H groups in total. The normalized spacial score (nSPS) is 12.8. The van der Waals surface area contributed by atoms with Crippen molar-refractivity contribution in [3.8, 4) is 0 Å². The molecule has 20 heavy (non-hydrogen) atoms. The number of benzene rings is 1. The van der Waals surface area contributed by atoms with Crippen LogP contribution in [0.25, 0.3) is 0 Å². The van der Waals surface area contributed by atoms with E-state index in [1.165, 1.54) is 14.0 Å². The summed E-state index contributed by atoms with van der Waals surface area (Å²) in [6, 6.07) is 5.05. The minimum absolute atomic E-state index is 0.0398. The average molecular weight is 301 g/mol. The number of methoxy groups -OCH3 is 1. The lowest BCUT2D eigenvalue weighted by molar-refractivity contribution is -0.115. The van der Waals surface area contributed by atoms with Gasteiger partial charge in [-0.05, 0) is 24.6 Å². The Morgan fingerprint density at radius 1 is 1.45 bits per heavy atom. The van der Waals surface area contributed by atoms with Gasteiger partial charge < -0.3 is 10.1 Å². The first-order valence-corrected chi connectivity index (χ1v) is 7.34. The van der Waals surface area contributed by atoms with E-state index in [0.717, 1.165) is 5.56 Å². The van der Waals surface area contributed by atoms with Crippen LogP contribution in [-0.4, -0.2) is 37.7 Å². The Morgan fingerprint density at radius 3 is 2.55 bits per heavy atom. The molecule has 0 spiro atoms. The van der Waals surface area contributed by atoms with Gasteiger partial charge >= 0.3 is 5.97 Å². The number of nitrogens with one attached hydrogen (secondary N) is 1. The third-order valence-electron chi connectivity index (χ3n) is 2.52. The minimum Gasteiger partial charge on any atom is -0.465 e. The van der Waals surface area contributed by atoms with Crippen molar-refractivity contribution in [3.05, 3.63) is 29.3 Å². The summed E-state index contributed by atoms with van der Waals surface area (Å²) in [4.78, 5) is 22.2. The molecule has 0 fully saturated rings. The molecular formula is C12H15NO6S. The van der Waals surface area contributed by atoms with Crippen LogP contribution in [0.3, 0.4) is 0 Å². The molecule has 0 radical (unpaired) electrons. The molecule has 0 aliphatic carbocycles. The van der Waals surface area contributed by atoms with Gasteiger partial charge in [0.25, 0.3) is 10.1 Å². The molecule has 7 nitrogen and oxygen atoms in total. The molecule has 2 rings (SSSR count). The van der Waals surface area contributed by atoms with Crippen LogP contribution in [0.4, 0.5) is 5.69 Å². The Morgan fingerprint density at radius 2 is 2.05 bits per heavy atom. The maximum Gasteiger partial charge on any atom is 0.337 e. The standard InChI is InChI=1S/C10H9NO3.C2H6O3S/c1-14-10(13)7-3-2-6-5-9(12)11-8(6)4-7;1-2-6(3,4)5/h2-4H,5H2,1H3,(H,11,12);2H2,1H3,(H,3,4,5). The van der Waals surface area contributed by atoms with Gasteiger partial charge in [-0.15, -0.1) is 0 Å². The van der Waals surface area contributed by atoms with E-state index in [4.69, 9.17) is 4.55 Å². The summed E-state index contributed by atoms with van der Waals surface area (Å²) in [6.07, 6.45) is 0.386. The summed E-state index contributed by atoms with van der Waals surface area (Å²) in [5.41, 5.74) is 2.08. The van der Waals surface area contributed by atoms with E-state index in [-0.39, 0.29) is 11.7 Å². The number of hydrogen-bond acceptors (Lipinski definition) is 5. The Balaban J connectivity index is 0.000000286. The van der Waals surface area contributed by atoms with Gasteiger partial charge in [0.15, 0.2) is 0 Å². The van der Waals surface area contributed by atoms with Crippen LogP contribution < -0.4 is 5.32 Å². The van der Waals surface area contributed by atoms with Crippen LogP contribution in [0.1, 0.15) is 22.8 Å². The first-order valence-electron chi connectivity index (χ1n) is 5.73. The van der Waals surface area contributed by atoms with Crippen LogP contribution in [-0.2, 0) is 26.1 Å². The van der Waals surface area contributed by atoms with Crippen molar-refractivity contribution in [2.45, 2.75) is 13.3 Å². The molecule has 0 saturated heterocycles. The molecule has 0 unspecified atom stereocenters. The van der Waals surface area contributed by atoms with E-state index >= 15 is 0 Å². The molecule has 8 heteroatoms. The highest BCUT2D eigenvalue weighted by Gasteiger charge is 2.18. The third kappa shape index (κ3) is 4.63. The first kappa shape index (κ1) is 16.1. The van der Waals surface area contributed by atoms with Crippen LogP contribution in [0.2, 0.25) is 0 Å². The van der Waals surface area contributed by atoms with Crippen molar-refractivity contribution >= 4 is 27.7 Å². The van der Waals surface area contributed by atoms with Gasteiger partial charge in [0.2, 0.25) is 5.91 Å². The number of ether oxygens (including phenoxy) is 1. The molecule has 1 aromatic rings. The molecule has 0 bridgehead atoms. The van der Waals surface area contributed by atoms with Gasteiger partial charge in [-0.25, -0.2) is 4.79 Å². The SMILES string of the molecule is CCS(=O)(=O)O.COC(=O)c1ccc2c(c1)NC(=O)C2. The third-order valence-corrected chi connectivity index (χ3v) is 3.25. The van der Waals surface area contributed by atoms with E-state index in [2.05, 4.69) is 10.1 Å². The summed E-state index contributed by atoms with van der Waals surface area (Å²) in [5.74, 6) is -0.636. The fraction of sp³-hybridized carbons (Fsp3) is 0.333. The van der Waals surface area contributed by atoms with E-state index in [1.807, 2.05) is 0 Å². The second-order valence-electron chi connectivity index (χ2n) is 3.96. The van der Waals surface area contributed by atoms with Crippen LogP contribution in [0.5, 0.6) is 0 Å². The smallest absolute Gasteiger partial charge is 0.337 e. The Kier molecular flexibility index (Phi) is 5.23. The van der Waals surface area contributed by atoms with Crippen molar-refractivity contribution in [1.29, 1.82) is 0 Å². The number of anilines is 1. The van der Waals surface area contributed by atoms with Gasteiger partial charge in [-0.2, -0.15) is 8.42 Å². The molecule has 1 aliphatic rings. The quantitative estimate of drug-likeness (QED) is 0.619. The van der Waals surface area contributed by atoms with Gasteiger partial charge in [0.05, 0.1) is 24.8 Å². The number of rotatable bonds is 2. The van der Waals surface area contributed by atoms with Gasteiger partial charge in [0, 0.05) is 5.69 Å². The van der Waals surface area contributed by atoms with E-state index < -0.39 is 16.1 Å². The highest BCUT2D eigenvalue weighted by molar-refractivity contribution is 7.85. The largest absolute Gasteiger partial charge is 0.465 e. The monoisotopic (exact) mass is 301 g/mol. The highest BCUT2D eigenvalue weighted by atomic mass is 32.2. The molecular weight excluding hydrogens is 286 g/mol. The number of hydrogen-bond donors (Lipinski definition) is 2. The predicted octanol–water partition coefficient (Wildman–Crippen LogP) is 0.862. The maximum atomic E-state index is 11.2. The molecule has 1 aliphatic heterocycles. The van der Waals surface area contributed by atoms with Gasteiger partial charge in [0.1, 0.15) is 0 Å². The van der Waals surface area contributed by atoms with E-state index in [9.17, 15) is 18.0 Å². The van der Waals surface area contributed by atoms with Crippen LogP contribution >= 0.6 is 0 Å². The first-order chi connectivity index (χ1) is 9.26. The Labute approximate surface area is 116 Å². The van der Waals surface area contributed by atoms with Gasteiger partial charge in [-0.1, -0.05) is 6.07 Å². The highest BCUT2D eigenvalue weighted by Crippen LogP contribution is 2.24. The molecule has 1 aromatic carbocycles. The fourth-order valence-electron chi connectivity index (χ4n) is 1.46. The summed E-state index contributed by atoms with van der Waals surface area (Å²) < 4.78 is 31.5. The number of carbonyl (C=O) groups excluding carboxylic acids is 2. The van der Waals surface area contributed by atoms with Crippen LogP contribution in [0.15, 0.2) is 18.2 Å². The summed E-state index contributed by atoms with van der Waals surface area (Å²) in [7, 11) is -2.33. The fourth-order valence-corrected chi connectivity index (χ4v) is 1.46. The van der Waals surface area contributed by atoms with Crippen molar-refractivity contribution < 1.29 is 27.3 Å². The number of amides is 1. The molecule has 1 heterocycles. The lowest BCUT2D eigenvalue weighted by Gasteiger charge is -2.01. The predicted molar refractivity (Wildman–Crippen MR) is 72.2 cm³/mol. The molecule has 0 saturated carbocycles. The molecule has 0 aromatic heterocycles. The minimum atomic E-state index is -3.66. The number of carbonyl (C=O) groups is 2.